The third-order valence-electron chi connectivity index (χ3n) is 17.1. The van der Waals surface area contributed by atoms with Crippen molar-refractivity contribution in [3.05, 3.63) is 0 Å². The monoisotopic (exact) mass is 719 g/mol. The van der Waals surface area contributed by atoms with E-state index >= 15 is 0 Å². The number of likely N-dealkylation sites (N-methyl/N-ethyl adjacent to an activating group) is 1. The van der Waals surface area contributed by atoms with E-state index in [1.165, 1.54) is 89.9 Å². The molecular formula is C42H74BrNO3. The van der Waals surface area contributed by atoms with E-state index in [0.717, 1.165) is 43.6 Å². The van der Waals surface area contributed by atoms with Crippen LogP contribution in [0.5, 0.6) is 0 Å². The van der Waals surface area contributed by atoms with Crippen LogP contribution in [0, 0.1) is 56.2 Å². The van der Waals surface area contributed by atoms with Gasteiger partial charge in [0.05, 0.1) is 12.7 Å². The molecule has 6 aliphatic rings. The highest BCUT2D eigenvalue weighted by Crippen LogP contribution is 2.78. The van der Waals surface area contributed by atoms with E-state index in [1.54, 1.807) is 0 Å². The maximum Gasteiger partial charge on any atom is 0.323 e. The van der Waals surface area contributed by atoms with Crippen LogP contribution >= 0.6 is 17.0 Å². The van der Waals surface area contributed by atoms with Gasteiger partial charge in [0.2, 0.25) is 0 Å². The lowest BCUT2D eigenvalue weighted by Crippen LogP contribution is -2.68. The number of carbonyl (C=O) groups excluding carboxylic acids is 1. The molecule has 2 bridgehead atoms. The van der Waals surface area contributed by atoms with Crippen LogP contribution in [0.15, 0.2) is 0 Å². The summed E-state index contributed by atoms with van der Waals surface area (Å²) in [5.41, 5.74) is 1.83. The van der Waals surface area contributed by atoms with Crippen molar-refractivity contribution in [1.82, 2.24) is 4.90 Å². The van der Waals surface area contributed by atoms with Gasteiger partial charge >= 0.3 is 5.97 Å². The molecule has 0 aromatic carbocycles. The van der Waals surface area contributed by atoms with Gasteiger partial charge in [-0.3, -0.25) is 9.69 Å². The summed E-state index contributed by atoms with van der Waals surface area (Å²) in [6.45, 7) is 21.4. The van der Waals surface area contributed by atoms with Gasteiger partial charge in [0.1, 0.15) is 12.1 Å². The smallest absolute Gasteiger partial charge is 0.323 e. The maximum absolute atomic E-state index is 13.8. The first-order valence-corrected chi connectivity index (χ1v) is 20.1. The molecule has 6 fully saturated rings. The van der Waals surface area contributed by atoms with Gasteiger partial charge in [-0.15, -0.1) is 17.0 Å². The van der Waals surface area contributed by atoms with Crippen LogP contribution in [0.3, 0.4) is 0 Å². The summed E-state index contributed by atoms with van der Waals surface area (Å²) in [7, 11) is 4.12. The zero-order chi connectivity index (χ0) is 33.3. The minimum atomic E-state index is -0.126. The largest absolute Gasteiger partial charge is 0.461 e. The van der Waals surface area contributed by atoms with E-state index in [9.17, 15) is 4.79 Å². The molecule has 1 aliphatic heterocycles. The molecule has 0 radical (unpaired) electrons. The number of unbranched alkanes of at least 4 members (excludes halogenated alkanes) is 5. The van der Waals surface area contributed by atoms with Gasteiger partial charge in [0.15, 0.2) is 0 Å². The number of ether oxygens (including phenoxy) is 2. The Labute approximate surface area is 300 Å². The minimum absolute atomic E-state index is 0. The van der Waals surface area contributed by atoms with E-state index in [0.29, 0.717) is 39.1 Å². The average molecular weight is 721 g/mol. The Kier molecular flexibility index (Phi) is 10.9. The quantitative estimate of drug-likeness (QED) is 0.166. The number of halogens is 1. The summed E-state index contributed by atoms with van der Waals surface area (Å²) < 4.78 is 13.4. The molecule has 6 rings (SSSR count). The standard InChI is InChI=1S/C42H73NO3.BrH/c1-11-12-13-14-15-16-17-30(43(9)10)36(44)46-33-21-22-39(6)31(38(33,4)5)20-23-41(8)32(39)19-18-29-34-35-37(2,3)24-26-42(34,28-45-35)27-25-40(29,41)7;/h29-35H,11-28H2,1-10H3;1H/t29-,30?,31+,32-,33+,34+,35-,39+,40-,41-,42-;/m1./s1. The van der Waals surface area contributed by atoms with Crippen molar-refractivity contribution < 1.29 is 14.3 Å². The van der Waals surface area contributed by atoms with Crippen LogP contribution in [0.2, 0.25) is 0 Å². The lowest BCUT2D eigenvalue weighted by atomic mass is 9.31. The van der Waals surface area contributed by atoms with Crippen LogP contribution in [-0.2, 0) is 14.3 Å². The molecule has 0 aromatic heterocycles. The average Bonchev–Trinajstić information content (AvgIpc) is 3.32. The lowest BCUT2D eigenvalue weighted by Gasteiger charge is -2.73. The van der Waals surface area contributed by atoms with E-state index in [2.05, 4.69) is 74.4 Å². The van der Waals surface area contributed by atoms with Crippen LogP contribution in [-0.4, -0.2) is 49.8 Å². The molecule has 5 saturated carbocycles. The molecule has 4 nitrogen and oxygen atoms in total. The number of carbonyl (C=O) groups is 1. The molecule has 0 aromatic rings. The van der Waals surface area contributed by atoms with Crippen molar-refractivity contribution in [3.8, 4) is 0 Å². The molecular weight excluding hydrogens is 646 g/mol. The predicted octanol–water partition coefficient (Wildman–Crippen LogP) is 11.0. The fourth-order valence-corrected chi connectivity index (χ4v) is 14.1. The highest BCUT2D eigenvalue weighted by atomic mass is 79.9. The molecule has 11 atom stereocenters. The summed E-state index contributed by atoms with van der Waals surface area (Å²) in [4.78, 5) is 15.9. The third-order valence-corrected chi connectivity index (χ3v) is 17.1. The second-order valence-electron chi connectivity index (χ2n) is 20.1. The number of hydrogen-bond donors (Lipinski definition) is 0. The van der Waals surface area contributed by atoms with Crippen molar-refractivity contribution in [1.29, 1.82) is 0 Å². The van der Waals surface area contributed by atoms with Gasteiger partial charge in [-0.25, -0.2) is 0 Å². The van der Waals surface area contributed by atoms with Crippen LogP contribution in [0.25, 0.3) is 0 Å². The summed E-state index contributed by atoms with van der Waals surface area (Å²) in [6.07, 6.45) is 22.0. The Hall–Kier alpha value is -0.130. The minimum Gasteiger partial charge on any atom is -0.461 e. The molecule has 47 heavy (non-hydrogen) atoms. The molecule has 1 unspecified atom stereocenters. The maximum atomic E-state index is 13.8. The SMILES string of the molecule is Br.CCCCCCCCC(C(=O)O[C@H]1CC[C@]2(C)[C@H]3CC[C@@H]4[C@H]5[C@H]6OC[C@@]5(CCC6(C)C)CC[C@@]4(C)[C@]3(C)CC[C@H]2C1(C)C)N(C)C. The number of rotatable bonds is 10. The highest BCUT2D eigenvalue weighted by Gasteiger charge is 2.73. The molecule has 0 spiro atoms. The van der Waals surface area contributed by atoms with Crippen molar-refractivity contribution in [2.45, 2.75) is 183 Å². The lowest BCUT2D eigenvalue weighted by molar-refractivity contribution is -0.254. The zero-order valence-corrected chi connectivity index (χ0v) is 34.1. The first-order valence-electron chi connectivity index (χ1n) is 20.1. The zero-order valence-electron chi connectivity index (χ0n) is 32.3. The van der Waals surface area contributed by atoms with Gasteiger partial charge < -0.3 is 9.47 Å². The fourth-order valence-electron chi connectivity index (χ4n) is 14.1. The third kappa shape index (κ3) is 5.94. The first-order chi connectivity index (χ1) is 21.6. The van der Waals surface area contributed by atoms with E-state index in [1.807, 2.05) is 0 Å². The Morgan fingerprint density at radius 1 is 0.787 bits per heavy atom. The molecule has 0 N–H and O–H groups in total. The summed E-state index contributed by atoms with van der Waals surface area (Å²) in [6, 6.07) is -0.126. The van der Waals surface area contributed by atoms with Crippen LogP contribution < -0.4 is 0 Å². The molecule has 272 valence electrons. The number of fused-ring (bicyclic) bond motifs is 5. The van der Waals surface area contributed by atoms with Crippen molar-refractivity contribution in [2.75, 3.05) is 20.7 Å². The van der Waals surface area contributed by atoms with Crippen molar-refractivity contribution >= 4 is 23.0 Å². The van der Waals surface area contributed by atoms with Gasteiger partial charge in [-0.05, 0) is 135 Å². The summed E-state index contributed by atoms with van der Waals surface area (Å²) in [5.74, 6) is 2.93. The van der Waals surface area contributed by atoms with Crippen molar-refractivity contribution in [2.24, 2.45) is 56.2 Å². The van der Waals surface area contributed by atoms with E-state index in [4.69, 9.17) is 9.47 Å². The molecule has 5 heteroatoms. The molecule has 1 saturated heterocycles. The predicted molar refractivity (Wildman–Crippen MR) is 200 cm³/mol. The molecule has 5 aliphatic carbocycles. The van der Waals surface area contributed by atoms with Gasteiger partial charge in [-0.1, -0.05) is 93.9 Å². The van der Waals surface area contributed by atoms with Gasteiger partial charge in [0, 0.05) is 5.41 Å². The second kappa shape index (κ2) is 13.4. The number of hydrogen-bond acceptors (Lipinski definition) is 4. The second-order valence-corrected chi connectivity index (χ2v) is 20.1. The molecule has 0 amide bonds. The first kappa shape index (κ1) is 38.1. The van der Waals surface area contributed by atoms with E-state index < -0.39 is 0 Å². The Balaban J connectivity index is 0.00000433. The van der Waals surface area contributed by atoms with Crippen molar-refractivity contribution in [3.63, 3.8) is 0 Å². The van der Waals surface area contributed by atoms with Crippen LogP contribution in [0.1, 0.15) is 165 Å². The Morgan fingerprint density at radius 2 is 1.47 bits per heavy atom. The summed E-state index contributed by atoms with van der Waals surface area (Å²) >= 11 is 0. The Bertz CT molecular complexity index is 1120. The van der Waals surface area contributed by atoms with E-state index in [-0.39, 0.29) is 40.5 Å². The number of nitrogens with zero attached hydrogens (tertiary/aromatic N) is 1. The fraction of sp³-hybridized carbons (Fsp3) is 0.976. The topological polar surface area (TPSA) is 38.8 Å². The van der Waals surface area contributed by atoms with Gasteiger partial charge in [0.25, 0.3) is 0 Å². The molecule has 1 heterocycles. The number of esters is 1. The summed E-state index contributed by atoms with van der Waals surface area (Å²) in [5, 5.41) is 0. The normalized spacial score (nSPS) is 45.1. The highest BCUT2D eigenvalue weighted by molar-refractivity contribution is 8.93. The van der Waals surface area contributed by atoms with Crippen LogP contribution in [0.4, 0.5) is 0 Å². The Morgan fingerprint density at radius 3 is 2.17 bits per heavy atom. The van der Waals surface area contributed by atoms with Gasteiger partial charge in [-0.2, -0.15) is 0 Å².